The van der Waals surface area contributed by atoms with Crippen LogP contribution in [0.2, 0.25) is 0 Å². The Labute approximate surface area is 231 Å². The number of carbonyl (C=O) groups is 2. The van der Waals surface area contributed by atoms with Crippen LogP contribution in [0.4, 0.5) is 13.2 Å². The summed E-state index contributed by atoms with van der Waals surface area (Å²) < 4.78 is 39.2. The van der Waals surface area contributed by atoms with Gasteiger partial charge in [-0.3, -0.25) is 14.6 Å². The number of amides is 2. The minimum absolute atomic E-state index is 0.0675. The normalized spacial score (nSPS) is 16.7. The number of hydrogen-bond donors (Lipinski definition) is 2. The lowest BCUT2D eigenvalue weighted by Crippen LogP contribution is -2.47. The van der Waals surface area contributed by atoms with E-state index in [4.69, 9.17) is 0 Å². The second-order valence-corrected chi connectivity index (χ2v) is 10.4. The number of fused-ring (bicyclic) bond motifs is 3. The fourth-order valence-electron chi connectivity index (χ4n) is 5.99. The third kappa shape index (κ3) is 5.86. The van der Waals surface area contributed by atoms with Crippen molar-refractivity contribution in [3.05, 3.63) is 83.9 Å². The van der Waals surface area contributed by atoms with Gasteiger partial charge in [0.05, 0.1) is 6.20 Å². The van der Waals surface area contributed by atoms with E-state index in [0.29, 0.717) is 18.5 Å². The van der Waals surface area contributed by atoms with Crippen molar-refractivity contribution in [3.8, 4) is 11.1 Å². The van der Waals surface area contributed by atoms with Gasteiger partial charge in [-0.2, -0.15) is 13.2 Å². The summed E-state index contributed by atoms with van der Waals surface area (Å²) >= 11 is 0. The third-order valence-electron chi connectivity index (χ3n) is 7.90. The van der Waals surface area contributed by atoms with E-state index in [1.165, 1.54) is 18.6 Å². The number of aromatic nitrogens is 2. The van der Waals surface area contributed by atoms with Crippen LogP contribution in [0.25, 0.3) is 11.1 Å². The largest absolute Gasteiger partial charge is 0.405 e. The maximum atomic E-state index is 13.6. The van der Waals surface area contributed by atoms with E-state index >= 15 is 0 Å². The fourth-order valence-corrected chi connectivity index (χ4v) is 5.99. The monoisotopic (exact) mass is 551 g/mol. The third-order valence-corrected chi connectivity index (χ3v) is 7.90. The highest BCUT2D eigenvalue weighted by atomic mass is 19.4. The summed E-state index contributed by atoms with van der Waals surface area (Å²) in [7, 11) is 0. The van der Waals surface area contributed by atoms with Crippen molar-refractivity contribution in [3.63, 3.8) is 0 Å². The molecule has 2 heterocycles. The zero-order chi connectivity index (χ0) is 28.2. The van der Waals surface area contributed by atoms with E-state index in [-0.39, 0.29) is 11.9 Å². The number of benzene rings is 2. The molecule has 2 amide bonds. The first-order valence-corrected chi connectivity index (χ1v) is 13.6. The van der Waals surface area contributed by atoms with Gasteiger partial charge in [0, 0.05) is 31.5 Å². The van der Waals surface area contributed by atoms with Crippen molar-refractivity contribution in [2.45, 2.75) is 49.7 Å². The van der Waals surface area contributed by atoms with Gasteiger partial charge in [0.2, 0.25) is 5.91 Å². The highest BCUT2D eigenvalue weighted by molar-refractivity contribution is 6.00. The van der Waals surface area contributed by atoms with Crippen LogP contribution in [0.1, 0.15) is 53.7 Å². The first kappa shape index (κ1) is 27.8. The number of piperidine rings is 1. The molecule has 0 radical (unpaired) electrons. The van der Waals surface area contributed by atoms with Gasteiger partial charge in [0.25, 0.3) is 5.91 Å². The molecule has 0 spiro atoms. The average molecular weight is 552 g/mol. The molecule has 3 aromatic rings. The lowest BCUT2D eigenvalue weighted by atomic mass is 9.73. The van der Waals surface area contributed by atoms with Crippen LogP contribution in [0.3, 0.4) is 0 Å². The van der Waals surface area contributed by atoms with E-state index in [2.05, 4.69) is 25.5 Å². The molecule has 10 heteroatoms. The summed E-state index contributed by atoms with van der Waals surface area (Å²) in [5, 5.41) is 5.22. The molecule has 1 aliphatic carbocycles. The highest BCUT2D eigenvalue weighted by Crippen LogP contribution is 2.51. The lowest BCUT2D eigenvalue weighted by molar-refractivity contribution is -0.141. The molecule has 1 saturated heterocycles. The first-order chi connectivity index (χ1) is 19.3. The summed E-state index contributed by atoms with van der Waals surface area (Å²) in [6, 6.07) is 15.1. The number of alkyl halides is 3. The number of rotatable bonds is 9. The molecule has 1 fully saturated rings. The van der Waals surface area contributed by atoms with Gasteiger partial charge in [0.1, 0.15) is 17.7 Å². The van der Waals surface area contributed by atoms with Crippen LogP contribution in [-0.2, 0) is 10.2 Å². The number of unbranched alkanes of at least 4 members (excludes halogenated alkanes) is 1. The van der Waals surface area contributed by atoms with Crippen molar-refractivity contribution in [2.24, 2.45) is 0 Å². The maximum absolute atomic E-state index is 13.6. The standard InChI is InChI=1S/C30H32F3N5O2/c31-30(32,33)20-36-28(40)29(24-9-3-1-7-22(24)23-8-2-4-10-25(23)29)13-5-6-16-38-17-11-21(12-18-38)37-27(39)26-19-34-14-15-35-26/h1-4,7-10,14-15,19,21H,5-6,11-13,16-18,20H2,(H,36,40)(H,37,39). The van der Waals surface area contributed by atoms with Gasteiger partial charge in [-0.1, -0.05) is 55.0 Å². The molecule has 7 nitrogen and oxygen atoms in total. The van der Waals surface area contributed by atoms with Crippen molar-refractivity contribution < 1.29 is 22.8 Å². The van der Waals surface area contributed by atoms with Gasteiger partial charge in [-0.05, 0) is 54.5 Å². The Morgan fingerprint density at radius 2 is 1.60 bits per heavy atom. The SMILES string of the molecule is O=C(NC1CCN(CCCCC2(C(=O)NCC(F)(F)F)c3ccccc3-c3ccccc32)CC1)c1cnccn1. The quantitative estimate of drug-likeness (QED) is 0.383. The van der Waals surface area contributed by atoms with Gasteiger partial charge in [-0.15, -0.1) is 0 Å². The molecule has 2 aromatic carbocycles. The highest BCUT2D eigenvalue weighted by Gasteiger charge is 2.49. The fraction of sp³-hybridized carbons (Fsp3) is 0.400. The Balaban J connectivity index is 1.21. The number of hydrogen-bond acceptors (Lipinski definition) is 5. The van der Waals surface area contributed by atoms with Crippen molar-refractivity contribution in [2.75, 3.05) is 26.2 Å². The number of nitrogens with zero attached hydrogens (tertiary/aromatic N) is 3. The molecular formula is C30H32F3N5O2. The maximum Gasteiger partial charge on any atom is 0.405 e. The number of nitrogens with one attached hydrogen (secondary N) is 2. The molecule has 0 atom stereocenters. The predicted octanol–water partition coefficient (Wildman–Crippen LogP) is 4.49. The van der Waals surface area contributed by atoms with E-state index in [9.17, 15) is 22.8 Å². The molecular weight excluding hydrogens is 519 g/mol. The molecule has 0 unspecified atom stereocenters. The zero-order valence-corrected chi connectivity index (χ0v) is 22.1. The summed E-state index contributed by atoms with van der Waals surface area (Å²) in [5.41, 5.74) is 2.44. The van der Waals surface area contributed by atoms with Gasteiger partial charge >= 0.3 is 6.18 Å². The summed E-state index contributed by atoms with van der Waals surface area (Å²) in [5.74, 6) is -0.834. The van der Waals surface area contributed by atoms with E-state index in [1.807, 2.05) is 48.5 Å². The number of halogens is 3. The second-order valence-electron chi connectivity index (χ2n) is 10.4. The average Bonchev–Trinajstić information content (AvgIpc) is 3.26. The van der Waals surface area contributed by atoms with Crippen LogP contribution in [0.15, 0.2) is 67.1 Å². The van der Waals surface area contributed by atoms with Crippen LogP contribution in [0.5, 0.6) is 0 Å². The minimum Gasteiger partial charge on any atom is -0.348 e. The Kier molecular flexibility index (Phi) is 8.16. The topological polar surface area (TPSA) is 87.2 Å². The Hall–Kier alpha value is -3.79. The zero-order valence-electron chi connectivity index (χ0n) is 22.1. The predicted molar refractivity (Wildman–Crippen MR) is 145 cm³/mol. The number of likely N-dealkylation sites (tertiary alicyclic amines) is 1. The van der Waals surface area contributed by atoms with Crippen LogP contribution >= 0.6 is 0 Å². The lowest BCUT2D eigenvalue weighted by Gasteiger charge is -2.33. The van der Waals surface area contributed by atoms with Gasteiger partial charge in [0.15, 0.2) is 0 Å². The van der Waals surface area contributed by atoms with Crippen molar-refractivity contribution in [1.29, 1.82) is 0 Å². The number of carbonyl (C=O) groups excluding carboxylic acids is 2. The molecule has 210 valence electrons. The second kappa shape index (κ2) is 11.8. The first-order valence-electron chi connectivity index (χ1n) is 13.6. The smallest absolute Gasteiger partial charge is 0.348 e. The Morgan fingerprint density at radius 1 is 0.950 bits per heavy atom. The molecule has 2 aliphatic rings. The van der Waals surface area contributed by atoms with Crippen molar-refractivity contribution in [1.82, 2.24) is 25.5 Å². The van der Waals surface area contributed by atoms with E-state index < -0.39 is 24.0 Å². The molecule has 0 saturated carbocycles. The molecule has 1 aliphatic heterocycles. The van der Waals surface area contributed by atoms with Crippen LogP contribution in [0, 0.1) is 0 Å². The van der Waals surface area contributed by atoms with E-state index in [1.54, 1.807) is 0 Å². The molecule has 40 heavy (non-hydrogen) atoms. The van der Waals surface area contributed by atoms with Gasteiger partial charge < -0.3 is 15.5 Å². The van der Waals surface area contributed by atoms with E-state index in [0.717, 1.165) is 61.2 Å². The van der Waals surface area contributed by atoms with Crippen LogP contribution < -0.4 is 10.6 Å². The minimum atomic E-state index is -4.49. The molecule has 5 rings (SSSR count). The molecule has 2 N–H and O–H groups in total. The summed E-state index contributed by atoms with van der Waals surface area (Å²) in [4.78, 5) is 36.3. The summed E-state index contributed by atoms with van der Waals surface area (Å²) in [6.45, 7) is 1.11. The van der Waals surface area contributed by atoms with Crippen molar-refractivity contribution >= 4 is 11.8 Å². The molecule has 1 aromatic heterocycles. The van der Waals surface area contributed by atoms with Crippen LogP contribution in [-0.4, -0.2) is 65.1 Å². The molecule has 0 bridgehead atoms. The van der Waals surface area contributed by atoms with Gasteiger partial charge in [-0.25, -0.2) is 4.98 Å². The summed E-state index contributed by atoms with van der Waals surface area (Å²) in [6.07, 6.45) is 3.49. The Morgan fingerprint density at radius 3 is 2.20 bits per heavy atom. The Bertz CT molecular complexity index is 1290.